The van der Waals surface area contributed by atoms with Gasteiger partial charge in [-0.05, 0) is 62.2 Å². The molecule has 4 heteroatoms. The highest BCUT2D eigenvalue weighted by Gasteiger charge is 2.23. The summed E-state index contributed by atoms with van der Waals surface area (Å²) in [5.74, 6) is 0.196. The van der Waals surface area contributed by atoms with Gasteiger partial charge in [-0.25, -0.2) is 0 Å². The SMILES string of the molecule is CC(C)(C)C(=O)Oc1ccc(/C=C(/C#N)c2ccc(Cl)cc2)cc1. The van der Waals surface area contributed by atoms with E-state index in [1.165, 1.54) is 0 Å². The first kappa shape index (κ1) is 17.8. The highest BCUT2D eigenvalue weighted by molar-refractivity contribution is 6.30. The maximum atomic E-state index is 11.9. The normalized spacial score (nSPS) is 11.7. The molecule has 0 saturated heterocycles. The van der Waals surface area contributed by atoms with Gasteiger partial charge in [-0.15, -0.1) is 0 Å². The topological polar surface area (TPSA) is 50.1 Å². The molecule has 0 N–H and O–H groups in total. The third kappa shape index (κ3) is 4.71. The summed E-state index contributed by atoms with van der Waals surface area (Å²) in [6.07, 6.45) is 1.78. The number of carbonyl (C=O) groups is 1. The fraction of sp³-hybridized carbons (Fsp3) is 0.200. The summed E-state index contributed by atoms with van der Waals surface area (Å²) in [6.45, 7) is 5.41. The largest absolute Gasteiger partial charge is 0.426 e. The van der Waals surface area contributed by atoms with Gasteiger partial charge in [-0.2, -0.15) is 5.26 Å². The Morgan fingerprint density at radius 1 is 1.08 bits per heavy atom. The van der Waals surface area contributed by atoms with Crippen LogP contribution in [-0.4, -0.2) is 5.97 Å². The summed E-state index contributed by atoms with van der Waals surface area (Å²) in [6, 6.07) is 16.3. The molecule has 0 aliphatic carbocycles. The number of nitrogens with zero attached hydrogens (tertiary/aromatic N) is 1. The van der Waals surface area contributed by atoms with Crippen LogP contribution in [0.25, 0.3) is 11.6 Å². The van der Waals surface area contributed by atoms with Gasteiger partial charge in [-0.3, -0.25) is 4.79 Å². The average Bonchev–Trinajstić information content (AvgIpc) is 2.54. The molecule has 0 aliphatic rings. The van der Waals surface area contributed by atoms with E-state index in [9.17, 15) is 10.1 Å². The van der Waals surface area contributed by atoms with Crippen molar-refractivity contribution in [1.29, 1.82) is 5.26 Å². The minimum absolute atomic E-state index is 0.287. The van der Waals surface area contributed by atoms with E-state index in [1.54, 1.807) is 75.4 Å². The fourth-order valence-corrected chi connectivity index (χ4v) is 1.99. The number of hydrogen-bond acceptors (Lipinski definition) is 3. The average molecular weight is 340 g/mol. The monoisotopic (exact) mass is 339 g/mol. The van der Waals surface area contributed by atoms with Crippen LogP contribution in [0.2, 0.25) is 5.02 Å². The molecule has 2 rings (SSSR count). The molecule has 0 radical (unpaired) electrons. The van der Waals surface area contributed by atoms with Crippen molar-refractivity contribution in [3.8, 4) is 11.8 Å². The van der Waals surface area contributed by atoms with Crippen molar-refractivity contribution >= 4 is 29.2 Å². The highest BCUT2D eigenvalue weighted by atomic mass is 35.5. The molecule has 0 aliphatic heterocycles. The first-order valence-electron chi connectivity index (χ1n) is 7.50. The second kappa shape index (κ2) is 7.33. The minimum atomic E-state index is -0.554. The van der Waals surface area contributed by atoms with E-state index in [1.807, 2.05) is 0 Å². The Bertz CT molecular complexity index is 792. The van der Waals surface area contributed by atoms with Gasteiger partial charge >= 0.3 is 5.97 Å². The van der Waals surface area contributed by atoms with E-state index in [0.29, 0.717) is 16.3 Å². The predicted molar refractivity (Wildman–Crippen MR) is 96.5 cm³/mol. The Hall–Kier alpha value is -2.57. The molecular weight excluding hydrogens is 322 g/mol. The van der Waals surface area contributed by atoms with Gasteiger partial charge < -0.3 is 4.74 Å². The summed E-state index contributed by atoms with van der Waals surface area (Å²) in [7, 11) is 0. The molecule has 0 aromatic heterocycles. The molecule has 0 spiro atoms. The number of ether oxygens (including phenoxy) is 1. The zero-order chi connectivity index (χ0) is 17.7. The maximum absolute atomic E-state index is 11.9. The number of allylic oxidation sites excluding steroid dienone is 1. The quantitative estimate of drug-likeness (QED) is 0.327. The van der Waals surface area contributed by atoms with Crippen LogP contribution in [0.3, 0.4) is 0 Å². The molecule has 0 unspecified atom stereocenters. The van der Waals surface area contributed by atoms with E-state index in [-0.39, 0.29) is 5.97 Å². The van der Waals surface area contributed by atoms with E-state index < -0.39 is 5.41 Å². The lowest BCUT2D eigenvalue weighted by Gasteiger charge is -2.16. The Morgan fingerprint density at radius 2 is 1.67 bits per heavy atom. The Balaban J connectivity index is 2.19. The van der Waals surface area contributed by atoms with E-state index in [2.05, 4.69) is 6.07 Å². The molecule has 2 aromatic rings. The second-order valence-electron chi connectivity index (χ2n) is 6.39. The molecule has 0 fully saturated rings. The van der Waals surface area contributed by atoms with Crippen LogP contribution >= 0.6 is 11.6 Å². The van der Waals surface area contributed by atoms with Gasteiger partial charge in [0, 0.05) is 5.02 Å². The second-order valence-corrected chi connectivity index (χ2v) is 6.82. The molecule has 122 valence electrons. The van der Waals surface area contributed by atoms with Crippen molar-refractivity contribution < 1.29 is 9.53 Å². The van der Waals surface area contributed by atoms with Gasteiger partial charge in [0.05, 0.1) is 17.1 Å². The number of rotatable bonds is 3. The van der Waals surface area contributed by atoms with Crippen LogP contribution in [0.5, 0.6) is 5.75 Å². The number of nitriles is 1. The van der Waals surface area contributed by atoms with Crippen LogP contribution < -0.4 is 4.74 Å². The third-order valence-corrected chi connectivity index (χ3v) is 3.54. The van der Waals surface area contributed by atoms with Crippen molar-refractivity contribution in [1.82, 2.24) is 0 Å². The summed E-state index contributed by atoms with van der Waals surface area (Å²) in [5.41, 5.74) is 1.62. The van der Waals surface area contributed by atoms with Crippen molar-refractivity contribution in [2.45, 2.75) is 20.8 Å². The summed E-state index contributed by atoms with van der Waals surface area (Å²) in [4.78, 5) is 11.9. The molecule has 3 nitrogen and oxygen atoms in total. The summed E-state index contributed by atoms with van der Waals surface area (Å²) < 4.78 is 5.32. The van der Waals surface area contributed by atoms with Crippen LogP contribution in [0.15, 0.2) is 48.5 Å². The molecule has 0 bridgehead atoms. The Morgan fingerprint density at radius 3 is 2.17 bits per heavy atom. The minimum Gasteiger partial charge on any atom is -0.426 e. The van der Waals surface area contributed by atoms with Crippen LogP contribution in [0, 0.1) is 16.7 Å². The van der Waals surface area contributed by atoms with Gasteiger partial charge in [0.2, 0.25) is 0 Å². The molecule has 2 aromatic carbocycles. The van der Waals surface area contributed by atoms with Crippen LogP contribution in [0.4, 0.5) is 0 Å². The number of halogens is 1. The van der Waals surface area contributed by atoms with Gasteiger partial charge in [-0.1, -0.05) is 35.9 Å². The van der Waals surface area contributed by atoms with Crippen molar-refractivity contribution in [3.63, 3.8) is 0 Å². The highest BCUT2D eigenvalue weighted by Crippen LogP contribution is 2.23. The van der Waals surface area contributed by atoms with E-state index in [0.717, 1.165) is 11.1 Å². The van der Waals surface area contributed by atoms with Gasteiger partial charge in [0.1, 0.15) is 5.75 Å². The number of esters is 1. The lowest BCUT2D eigenvalue weighted by atomic mass is 9.97. The lowest BCUT2D eigenvalue weighted by Crippen LogP contribution is -2.25. The predicted octanol–water partition coefficient (Wildman–Crippen LogP) is 5.36. The zero-order valence-electron chi connectivity index (χ0n) is 13.8. The van der Waals surface area contributed by atoms with Crippen LogP contribution in [0.1, 0.15) is 31.9 Å². The van der Waals surface area contributed by atoms with Gasteiger partial charge in [0.15, 0.2) is 0 Å². The molecule has 0 amide bonds. The van der Waals surface area contributed by atoms with E-state index >= 15 is 0 Å². The molecule has 24 heavy (non-hydrogen) atoms. The Labute approximate surface area is 147 Å². The third-order valence-electron chi connectivity index (χ3n) is 3.29. The van der Waals surface area contributed by atoms with E-state index in [4.69, 9.17) is 16.3 Å². The molecule has 0 saturated carbocycles. The lowest BCUT2D eigenvalue weighted by molar-refractivity contribution is -0.142. The first-order valence-corrected chi connectivity index (χ1v) is 7.87. The first-order chi connectivity index (χ1) is 11.3. The maximum Gasteiger partial charge on any atom is 0.316 e. The number of hydrogen-bond donors (Lipinski definition) is 0. The van der Waals surface area contributed by atoms with Crippen molar-refractivity contribution in [3.05, 3.63) is 64.7 Å². The van der Waals surface area contributed by atoms with Gasteiger partial charge in [0.25, 0.3) is 0 Å². The zero-order valence-corrected chi connectivity index (χ0v) is 14.6. The Kier molecular flexibility index (Phi) is 5.43. The number of carbonyl (C=O) groups excluding carboxylic acids is 1. The summed E-state index contributed by atoms with van der Waals surface area (Å²) in [5, 5.41) is 9.98. The smallest absolute Gasteiger partial charge is 0.316 e. The summed E-state index contributed by atoms with van der Waals surface area (Å²) >= 11 is 5.87. The standard InChI is InChI=1S/C20H18ClNO2/c1-20(2,3)19(23)24-18-10-4-14(5-11-18)12-16(13-22)15-6-8-17(21)9-7-15/h4-12H,1-3H3/b16-12-. The van der Waals surface area contributed by atoms with Crippen molar-refractivity contribution in [2.75, 3.05) is 0 Å². The molecular formula is C20H18ClNO2. The van der Waals surface area contributed by atoms with Crippen LogP contribution in [-0.2, 0) is 4.79 Å². The molecule has 0 atom stereocenters. The fourth-order valence-electron chi connectivity index (χ4n) is 1.87. The van der Waals surface area contributed by atoms with Crippen molar-refractivity contribution in [2.24, 2.45) is 5.41 Å². The molecule has 0 heterocycles. The number of benzene rings is 2.